The average molecular weight is 703 g/mol. The first-order valence-electron chi connectivity index (χ1n) is 15.2. The molecular formula is C34H38ClF3N6O3S. The number of pyridine rings is 1. The molecule has 48 heavy (non-hydrogen) atoms. The molecule has 1 fully saturated rings. The standard InChI is InChI=1S/C34H38ClF3N6O3S/c1-43(2)30-16-23(22-7-6-8-25(15-22)34(36,37)38)10-12-29(30)42-33-28(35)18-27(19-40-33)48(5,45)44(32-13-14-39-21-41-32)20-24-9-11-26(46-3)17-31(24)47-4/h6-9,11,13-15,17-19,21,23,29-30H,5,10,12,16,20H2,1-4H3,(H,40,42)/t23-,29?,30-,48?/m0/s1. The van der Waals surface area contributed by atoms with Crippen LogP contribution in [0.4, 0.5) is 24.8 Å². The first-order valence-corrected chi connectivity index (χ1v) is 17.3. The van der Waals surface area contributed by atoms with Crippen molar-refractivity contribution < 1.29 is 26.9 Å². The fourth-order valence-electron chi connectivity index (χ4n) is 6.07. The number of rotatable bonds is 11. The van der Waals surface area contributed by atoms with Crippen molar-refractivity contribution in [1.82, 2.24) is 19.9 Å². The number of nitrogens with zero attached hydrogens (tertiary/aromatic N) is 5. The van der Waals surface area contributed by atoms with Crippen LogP contribution in [0.2, 0.25) is 5.02 Å². The van der Waals surface area contributed by atoms with Gasteiger partial charge in [0.2, 0.25) is 0 Å². The first-order chi connectivity index (χ1) is 22.8. The van der Waals surface area contributed by atoms with E-state index in [1.807, 2.05) is 20.2 Å². The number of likely N-dealkylation sites (N-methyl/N-ethyl adjacent to an activating group) is 1. The molecule has 2 unspecified atom stereocenters. The molecule has 14 heteroatoms. The van der Waals surface area contributed by atoms with E-state index in [1.54, 1.807) is 55.1 Å². The Balaban J connectivity index is 1.38. The smallest absolute Gasteiger partial charge is 0.416 e. The van der Waals surface area contributed by atoms with Gasteiger partial charge in [-0.3, -0.25) is 4.31 Å². The van der Waals surface area contributed by atoms with E-state index < -0.39 is 21.4 Å². The zero-order chi connectivity index (χ0) is 34.6. The lowest BCUT2D eigenvalue weighted by Crippen LogP contribution is -2.47. The molecule has 2 aromatic carbocycles. The van der Waals surface area contributed by atoms with Gasteiger partial charge in [0.05, 0.1) is 46.0 Å². The predicted octanol–water partition coefficient (Wildman–Crippen LogP) is 6.94. The third-order valence-electron chi connectivity index (χ3n) is 8.66. The number of aromatic nitrogens is 3. The van der Waals surface area contributed by atoms with Crippen LogP contribution in [0.1, 0.15) is 41.9 Å². The maximum absolute atomic E-state index is 14.6. The van der Waals surface area contributed by atoms with Crippen molar-refractivity contribution in [3.8, 4) is 11.5 Å². The normalized spacial score (nSPS) is 19.4. The van der Waals surface area contributed by atoms with Crippen LogP contribution in [0.3, 0.4) is 0 Å². The molecule has 4 atom stereocenters. The second-order valence-corrected chi connectivity index (χ2v) is 14.4. The van der Waals surface area contributed by atoms with Gasteiger partial charge in [0, 0.05) is 36.1 Å². The second kappa shape index (κ2) is 14.6. The SMILES string of the molecule is C=S(=O)(c1cnc(NC2CC[C@H](c3cccc(C(F)(F)F)c3)C[C@@H]2N(C)C)c(Cl)c1)N(Cc1ccc(OC)cc1OC)c1ccncn1. The number of hydrogen-bond acceptors (Lipinski definition) is 8. The number of nitrogens with one attached hydrogen (secondary N) is 1. The van der Waals surface area contributed by atoms with Crippen molar-refractivity contribution in [2.75, 3.05) is 37.9 Å². The molecule has 2 aromatic heterocycles. The van der Waals surface area contributed by atoms with Gasteiger partial charge in [-0.25, -0.2) is 19.2 Å². The van der Waals surface area contributed by atoms with Crippen molar-refractivity contribution in [2.45, 2.75) is 54.9 Å². The Labute approximate surface area is 284 Å². The van der Waals surface area contributed by atoms with E-state index in [-0.39, 0.29) is 29.6 Å². The molecule has 0 aliphatic heterocycles. The Morgan fingerprint density at radius 2 is 1.85 bits per heavy atom. The molecular weight excluding hydrogens is 665 g/mol. The molecule has 5 rings (SSSR count). The van der Waals surface area contributed by atoms with Gasteiger partial charge >= 0.3 is 6.18 Å². The van der Waals surface area contributed by atoms with Crippen LogP contribution in [0.25, 0.3) is 0 Å². The van der Waals surface area contributed by atoms with Crippen LogP contribution in [0, 0.1) is 0 Å². The van der Waals surface area contributed by atoms with E-state index in [2.05, 4.69) is 31.0 Å². The monoisotopic (exact) mass is 702 g/mol. The Kier molecular flexibility index (Phi) is 10.7. The Hall–Kier alpha value is -4.07. The van der Waals surface area contributed by atoms with Crippen LogP contribution < -0.4 is 19.1 Å². The molecule has 0 bridgehead atoms. The summed E-state index contributed by atoms with van der Waals surface area (Å²) in [5.41, 5.74) is 0.767. The van der Waals surface area contributed by atoms with Gasteiger partial charge < -0.3 is 19.7 Å². The van der Waals surface area contributed by atoms with Crippen LogP contribution in [0.15, 0.2) is 78.2 Å². The largest absolute Gasteiger partial charge is 0.497 e. The summed E-state index contributed by atoms with van der Waals surface area (Å²) in [6.45, 7) is 0.129. The van der Waals surface area contributed by atoms with Gasteiger partial charge in [-0.15, -0.1) is 0 Å². The molecule has 1 saturated carbocycles. The van der Waals surface area contributed by atoms with E-state index >= 15 is 0 Å². The summed E-state index contributed by atoms with van der Waals surface area (Å²) in [7, 11) is 3.75. The number of anilines is 2. The lowest BCUT2D eigenvalue weighted by atomic mass is 9.78. The molecule has 1 aliphatic carbocycles. The summed E-state index contributed by atoms with van der Waals surface area (Å²) in [6.07, 6.45) is 2.03. The molecule has 0 saturated heterocycles. The number of ether oxygens (including phenoxy) is 2. The lowest BCUT2D eigenvalue weighted by molar-refractivity contribution is -0.137. The second-order valence-electron chi connectivity index (χ2n) is 11.8. The lowest BCUT2D eigenvalue weighted by Gasteiger charge is -2.40. The molecule has 4 aromatic rings. The van der Waals surface area contributed by atoms with Gasteiger partial charge in [-0.05, 0) is 81.0 Å². The van der Waals surface area contributed by atoms with E-state index in [1.165, 1.54) is 24.7 Å². The van der Waals surface area contributed by atoms with E-state index in [4.69, 9.17) is 21.1 Å². The highest BCUT2D eigenvalue weighted by atomic mass is 35.5. The van der Waals surface area contributed by atoms with Crippen molar-refractivity contribution >= 4 is 38.8 Å². The third kappa shape index (κ3) is 7.79. The Morgan fingerprint density at radius 1 is 1.06 bits per heavy atom. The number of benzene rings is 2. The minimum absolute atomic E-state index is 0.0133. The quantitative estimate of drug-likeness (QED) is 0.168. The first kappa shape index (κ1) is 35.2. The molecule has 0 amide bonds. The molecule has 0 radical (unpaired) electrons. The maximum Gasteiger partial charge on any atom is 0.416 e. The van der Waals surface area contributed by atoms with Gasteiger partial charge in [0.25, 0.3) is 0 Å². The molecule has 9 nitrogen and oxygen atoms in total. The van der Waals surface area contributed by atoms with E-state index in [0.29, 0.717) is 52.9 Å². The zero-order valence-electron chi connectivity index (χ0n) is 27.1. The van der Waals surface area contributed by atoms with Crippen LogP contribution >= 0.6 is 11.6 Å². The van der Waals surface area contributed by atoms with E-state index in [0.717, 1.165) is 11.6 Å². The van der Waals surface area contributed by atoms with Gasteiger partial charge in [0.1, 0.15) is 29.5 Å². The van der Waals surface area contributed by atoms with Crippen molar-refractivity contribution in [3.63, 3.8) is 0 Å². The summed E-state index contributed by atoms with van der Waals surface area (Å²) in [5.74, 6) is 6.03. The summed E-state index contributed by atoms with van der Waals surface area (Å²) in [6, 6.07) is 14.1. The minimum atomic E-state index is -4.39. The Morgan fingerprint density at radius 3 is 2.50 bits per heavy atom. The number of alkyl halides is 3. The predicted molar refractivity (Wildman–Crippen MR) is 183 cm³/mol. The zero-order valence-corrected chi connectivity index (χ0v) is 28.6. The fourth-order valence-corrected chi connectivity index (χ4v) is 7.88. The van der Waals surface area contributed by atoms with Gasteiger partial charge in [-0.1, -0.05) is 29.8 Å². The van der Waals surface area contributed by atoms with Gasteiger partial charge in [0.15, 0.2) is 0 Å². The van der Waals surface area contributed by atoms with E-state index in [9.17, 15) is 17.4 Å². The highest BCUT2D eigenvalue weighted by Gasteiger charge is 2.35. The molecule has 2 heterocycles. The third-order valence-corrected chi connectivity index (χ3v) is 10.9. The van der Waals surface area contributed by atoms with Crippen molar-refractivity contribution in [2.24, 2.45) is 0 Å². The fraction of sp³-hybridized carbons (Fsp3) is 0.353. The molecule has 1 aliphatic rings. The number of halogens is 4. The van der Waals surface area contributed by atoms with Crippen LogP contribution in [0.5, 0.6) is 11.5 Å². The molecule has 256 valence electrons. The van der Waals surface area contributed by atoms with Crippen LogP contribution in [-0.2, 0) is 22.4 Å². The van der Waals surface area contributed by atoms with Crippen molar-refractivity contribution in [3.05, 3.63) is 95.0 Å². The molecule has 1 N–H and O–H groups in total. The number of methoxy groups -OCH3 is 2. The Bertz CT molecular complexity index is 1830. The summed E-state index contributed by atoms with van der Waals surface area (Å²) >= 11 is 6.78. The summed E-state index contributed by atoms with van der Waals surface area (Å²) in [5, 5.41) is 3.71. The minimum Gasteiger partial charge on any atom is -0.497 e. The summed E-state index contributed by atoms with van der Waals surface area (Å²) in [4.78, 5) is 15.3. The van der Waals surface area contributed by atoms with Crippen molar-refractivity contribution in [1.29, 1.82) is 0 Å². The topological polar surface area (TPSA) is 92.7 Å². The highest BCUT2D eigenvalue weighted by Crippen LogP contribution is 2.39. The highest BCUT2D eigenvalue weighted by molar-refractivity contribution is 8.01. The maximum atomic E-state index is 14.6. The summed E-state index contributed by atoms with van der Waals surface area (Å²) < 4.78 is 67.2. The number of hydrogen-bond donors (Lipinski definition) is 1. The molecule has 0 spiro atoms. The van der Waals surface area contributed by atoms with Gasteiger partial charge in [-0.2, -0.15) is 13.2 Å². The van der Waals surface area contributed by atoms with Crippen LogP contribution in [-0.4, -0.2) is 70.3 Å². The average Bonchev–Trinajstić information content (AvgIpc) is 3.08.